The number of piperidine rings is 1. The van der Waals surface area contributed by atoms with Gasteiger partial charge in [-0.25, -0.2) is 4.39 Å². The zero-order valence-corrected chi connectivity index (χ0v) is 14.8. The molecule has 0 bridgehead atoms. The Morgan fingerprint density at radius 3 is 2.81 bits per heavy atom. The van der Waals surface area contributed by atoms with Gasteiger partial charge in [-0.15, -0.1) is 0 Å². The molecule has 2 N–H and O–H groups in total. The molecule has 1 aliphatic heterocycles. The van der Waals surface area contributed by atoms with Gasteiger partial charge in [0, 0.05) is 30.8 Å². The average molecular weight is 356 g/mol. The van der Waals surface area contributed by atoms with Crippen LogP contribution in [0.1, 0.15) is 40.2 Å². The SMILES string of the molecule is O=C(c1cccc(C2CCCNC2)c1)N(CCO)Cc1ccccc1F. The van der Waals surface area contributed by atoms with Crippen molar-refractivity contribution in [1.29, 1.82) is 0 Å². The highest BCUT2D eigenvalue weighted by Gasteiger charge is 2.20. The minimum absolute atomic E-state index is 0.140. The van der Waals surface area contributed by atoms with Crippen LogP contribution < -0.4 is 5.32 Å². The Morgan fingerprint density at radius 2 is 2.08 bits per heavy atom. The number of benzene rings is 2. The predicted octanol–water partition coefficient (Wildman–Crippen LogP) is 2.93. The van der Waals surface area contributed by atoms with Crippen LogP contribution in [-0.4, -0.2) is 42.2 Å². The topological polar surface area (TPSA) is 52.6 Å². The van der Waals surface area contributed by atoms with Gasteiger partial charge in [0.1, 0.15) is 5.82 Å². The second-order valence-electron chi connectivity index (χ2n) is 6.71. The summed E-state index contributed by atoms with van der Waals surface area (Å²) in [5.41, 5.74) is 2.18. The van der Waals surface area contributed by atoms with Crippen molar-refractivity contribution < 1.29 is 14.3 Å². The van der Waals surface area contributed by atoms with Gasteiger partial charge >= 0.3 is 0 Å². The molecule has 1 unspecified atom stereocenters. The van der Waals surface area contributed by atoms with Gasteiger partial charge in [-0.1, -0.05) is 30.3 Å². The predicted molar refractivity (Wildman–Crippen MR) is 99.5 cm³/mol. The van der Waals surface area contributed by atoms with Gasteiger partial charge in [0.25, 0.3) is 5.91 Å². The third kappa shape index (κ3) is 4.48. The van der Waals surface area contributed by atoms with E-state index in [2.05, 4.69) is 11.4 Å². The molecule has 1 aliphatic rings. The summed E-state index contributed by atoms with van der Waals surface area (Å²) in [5, 5.41) is 12.7. The molecule has 26 heavy (non-hydrogen) atoms. The zero-order chi connectivity index (χ0) is 18.4. The first-order valence-electron chi connectivity index (χ1n) is 9.13. The summed E-state index contributed by atoms with van der Waals surface area (Å²) in [4.78, 5) is 14.5. The maximum absolute atomic E-state index is 14.0. The molecule has 0 aromatic heterocycles. The van der Waals surface area contributed by atoms with Gasteiger partial charge < -0.3 is 15.3 Å². The molecule has 0 saturated carbocycles. The summed E-state index contributed by atoms with van der Waals surface area (Å²) in [5.74, 6) is -0.118. The van der Waals surface area contributed by atoms with Crippen LogP contribution in [0.4, 0.5) is 4.39 Å². The van der Waals surface area contributed by atoms with Crippen LogP contribution in [0.2, 0.25) is 0 Å². The van der Waals surface area contributed by atoms with Crippen molar-refractivity contribution >= 4 is 5.91 Å². The first-order valence-corrected chi connectivity index (χ1v) is 9.13. The molecule has 1 amide bonds. The third-order valence-corrected chi connectivity index (χ3v) is 4.88. The van der Waals surface area contributed by atoms with Crippen molar-refractivity contribution in [2.75, 3.05) is 26.2 Å². The maximum Gasteiger partial charge on any atom is 0.254 e. The van der Waals surface area contributed by atoms with Crippen LogP contribution in [0.3, 0.4) is 0 Å². The molecule has 2 aromatic rings. The minimum Gasteiger partial charge on any atom is -0.395 e. The van der Waals surface area contributed by atoms with E-state index in [1.165, 1.54) is 11.0 Å². The van der Waals surface area contributed by atoms with Crippen molar-refractivity contribution in [3.05, 3.63) is 71.0 Å². The van der Waals surface area contributed by atoms with Crippen LogP contribution in [0.25, 0.3) is 0 Å². The number of amides is 1. The van der Waals surface area contributed by atoms with Crippen molar-refractivity contribution in [1.82, 2.24) is 10.2 Å². The van der Waals surface area contributed by atoms with Crippen LogP contribution in [-0.2, 0) is 6.54 Å². The molecule has 0 aliphatic carbocycles. The third-order valence-electron chi connectivity index (χ3n) is 4.88. The fourth-order valence-electron chi connectivity index (χ4n) is 3.45. The van der Waals surface area contributed by atoms with E-state index in [0.717, 1.165) is 31.5 Å². The Bertz CT molecular complexity index is 744. The number of carbonyl (C=O) groups is 1. The second-order valence-corrected chi connectivity index (χ2v) is 6.71. The Balaban J connectivity index is 1.79. The summed E-state index contributed by atoms with van der Waals surface area (Å²) < 4.78 is 14.0. The van der Waals surface area contributed by atoms with E-state index in [4.69, 9.17) is 0 Å². The highest BCUT2D eigenvalue weighted by atomic mass is 19.1. The molecular formula is C21H25FN2O2. The lowest BCUT2D eigenvalue weighted by atomic mass is 9.90. The Morgan fingerprint density at radius 1 is 1.23 bits per heavy atom. The Hall–Kier alpha value is -2.24. The quantitative estimate of drug-likeness (QED) is 0.837. The number of aliphatic hydroxyl groups is 1. The summed E-state index contributed by atoms with van der Waals surface area (Å²) in [6, 6.07) is 14.1. The number of hydrogen-bond donors (Lipinski definition) is 2. The summed E-state index contributed by atoms with van der Waals surface area (Å²) in [6.45, 7) is 2.12. The lowest BCUT2D eigenvalue weighted by Crippen LogP contribution is -2.33. The largest absolute Gasteiger partial charge is 0.395 e. The maximum atomic E-state index is 14.0. The number of carbonyl (C=O) groups excluding carboxylic acids is 1. The van der Waals surface area contributed by atoms with Gasteiger partial charge in [-0.2, -0.15) is 0 Å². The van der Waals surface area contributed by atoms with Crippen molar-refractivity contribution in [3.63, 3.8) is 0 Å². The van der Waals surface area contributed by atoms with Gasteiger partial charge in [0.05, 0.1) is 6.61 Å². The van der Waals surface area contributed by atoms with Crippen LogP contribution in [0.5, 0.6) is 0 Å². The normalized spacial score (nSPS) is 17.1. The first-order chi connectivity index (χ1) is 12.7. The second kappa shape index (κ2) is 8.92. The average Bonchev–Trinajstić information content (AvgIpc) is 2.69. The molecule has 0 spiro atoms. The number of nitrogens with zero attached hydrogens (tertiary/aromatic N) is 1. The van der Waals surface area contributed by atoms with E-state index in [1.807, 2.05) is 12.1 Å². The molecular weight excluding hydrogens is 331 g/mol. The standard InChI is InChI=1S/C21H25FN2O2/c22-20-9-2-1-5-19(20)15-24(11-12-25)21(26)17-7-3-6-16(13-17)18-8-4-10-23-14-18/h1-3,5-7,9,13,18,23,25H,4,8,10-12,14-15H2. The molecule has 0 radical (unpaired) electrons. The Kier molecular flexibility index (Phi) is 6.36. The van der Waals surface area contributed by atoms with E-state index in [-0.39, 0.29) is 31.4 Å². The number of halogens is 1. The van der Waals surface area contributed by atoms with Gasteiger partial charge in [0.2, 0.25) is 0 Å². The smallest absolute Gasteiger partial charge is 0.254 e. The molecule has 1 heterocycles. The molecule has 1 saturated heterocycles. The summed E-state index contributed by atoms with van der Waals surface area (Å²) in [7, 11) is 0. The lowest BCUT2D eigenvalue weighted by molar-refractivity contribution is 0.0706. The van der Waals surface area contributed by atoms with Crippen LogP contribution in [0.15, 0.2) is 48.5 Å². The van der Waals surface area contributed by atoms with Gasteiger partial charge in [-0.05, 0) is 49.1 Å². The number of aliphatic hydroxyl groups excluding tert-OH is 1. The minimum atomic E-state index is -0.342. The molecule has 1 fully saturated rings. The molecule has 1 atom stereocenters. The summed E-state index contributed by atoms with van der Waals surface area (Å²) in [6.07, 6.45) is 2.24. The monoisotopic (exact) mass is 356 g/mol. The lowest BCUT2D eigenvalue weighted by Gasteiger charge is -2.25. The highest BCUT2D eigenvalue weighted by molar-refractivity contribution is 5.94. The van der Waals surface area contributed by atoms with Gasteiger partial charge in [-0.3, -0.25) is 4.79 Å². The van der Waals surface area contributed by atoms with E-state index in [1.54, 1.807) is 24.3 Å². The van der Waals surface area contributed by atoms with Gasteiger partial charge in [0.15, 0.2) is 0 Å². The van der Waals surface area contributed by atoms with E-state index >= 15 is 0 Å². The van der Waals surface area contributed by atoms with Crippen molar-refractivity contribution in [3.8, 4) is 0 Å². The van der Waals surface area contributed by atoms with Crippen molar-refractivity contribution in [2.24, 2.45) is 0 Å². The molecule has 4 nitrogen and oxygen atoms in total. The number of nitrogens with one attached hydrogen (secondary N) is 1. The highest BCUT2D eigenvalue weighted by Crippen LogP contribution is 2.24. The molecule has 138 valence electrons. The fraction of sp³-hybridized carbons (Fsp3) is 0.381. The molecule has 2 aromatic carbocycles. The first kappa shape index (κ1) is 18.5. The fourth-order valence-corrected chi connectivity index (χ4v) is 3.45. The van der Waals surface area contributed by atoms with Crippen LogP contribution in [0, 0.1) is 5.82 Å². The zero-order valence-electron chi connectivity index (χ0n) is 14.8. The number of hydrogen-bond acceptors (Lipinski definition) is 3. The van der Waals surface area contributed by atoms with E-state index < -0.39 is 0 Å². The summed E-state index contributed by atoms with van der Waals surface area (Å²) >= 11 is 0. The number of rotatable bonds is 6. The van der Waals surface area contributed by atoms with E-state index in [9.17, 15) is 14.3 Å². The van der Waals surface area contributed by atoms with Crippen molar-refractivity contribution in [2.45, 2.75) is 25.3 Å². The molecule has 3 rings (SSSR count). The molecule has 5 heteroatoms. The van der Waals surface area contributed by atoms with E-state index in [0.29, 0.717) is 17.0 Å². The van der Waals surface area contributed by atoms with Crippen LogP contribution >= 0.6 is 0 Å². The Labute approximate surface area is 153 Å².